The van der Waals surface area contributed by atoms with E-state index in [0.717, 1.165) is 19.4 Å². The van der Waals surface area contributed by atoms with Gasteiger partial charge in [0.15, 0.2) is 0 Å². The molecule has 2 aromatic rings. The van der Waals surface area contributed by atoms with E-state index in [1.54, 1.807) is 0 Å². The second-order valence-corrected chi connectivity index (χ2v) is 7.83. The summed E-state index contributed by atoms with van der Waals surface area (Å²) >= 11 is 9.30. The summed E-state index contributed by atoms with van der Waals surface area (Å²) in [6.07, 6.45) is 5.24. The Morgan fingerprint density at radius 2 is 2.32 bits per heavy atom. The van der Waals surface area contributed by atoms with Gasteiger partial charge in [-0.3, -0.25) is 0 Å². The van der Waals surface area contributed by atoms with E-state index >= 15 is 0 Å². The Hall–Kier alpha value is 0.1000. The lowest BCUT2D eigenvalue weighted by Crippen LogP contribution is -2.05. The van der Waals surface area contributed by atoms with Crippen molar-refractivity contribution in [2.75, 3.05) is 6.61 Å². The van der Waals surface area contributed by atoms with Crippen molar-refractivity contribution in [3.63, 3.8) is 0 Å². The van der Waals surface area contributed by atoms with Crippen molar-refractivity contribution in [2.45, 2.75) is 36.6 Å². The maximum Gasteiger partial charge on any atom is 0.0576 e. The lowest BCUT2D eigenvalue weighted by atomic mass is 10.0. The minimum Gasteiger partial charge on any atom is -0.378 e. The quantitative estimate of drug-likeness (QED) is 0.563. The number of benzene rings is 1. The predicted molar refractivity (Wildman–Crippen MR) is 89.4 cm³/mol. The third kappa shape index (κ3) is 3.07. The van der Waals surface area contributed by atoms with Crippen LogP contribution in [0.2, 0.25) is 0 Å². The standard InChI is InChI=1S/C15H16Br2OS/c16-13(7-6-10-3-2-8-18-10)12-9-19-15-11(12)4-1-5-14(15)17/h1,4-5,9-10,13H,2-3,6-8H2. The predicted octanol–water partition coefficient (Wildman–Crippen LogP) is 6.06. The van der Waals surface area contributed by atoms with Crippen LogP contribution in [0, 0.1) is 0 Å². The van der Waals surface area contributed by atoms with Crippen LogP contribution in [0.1, 0.15) is 36.1 Å². The van der Waals surface area contributed by atoms with Crippen molar-refractivity contribution in [3.05, 3.63) is 33.6 Å². The van der Waals surface area contributed by atoms with E-state index in [4.69, 9.17) is 4.74 Å². The van der Waals surface area contributed by atoms with Gasteiger partial charge in [0.05, 0.1) is 6.10 Å². The molecule has 2 atom stereocenters. The zero-order valence-electron chi connectivity index (χ0n) is 10.6. The molecule has 0 amide bonds. The number of hydrogen-bond donors (Lipinski definition) is 0. The Bertz CT molecular complexity index is 560. The lowest BCUT2D eigenvalue weighted by molar-refractivity contribution is 0.102. The van der Waals surface area contributed by atoms with Crippen LogP contribution in [-0.2, 0) is 4.74 Å². The molecule has 102 valence electrons. The minimum absolute atomic E-state index is 0.430. The van der Waals surface area contributed by atoms with Crippen LogP contribution in [0.25, 0.3) is 10.1 Å². The third-order valence-corrected chi connectivity index (χ3v) is 6.61. The summed E-state index contributed by atoms with van der Waals surface area (Å²) in [5, 5.41) is 3.65. The Balaban J connectivity index is 1.74. The van der Waals surface area contributed by atoms with Gasteiger partial charge in [-0.15, -0.1) is 11.3 Å². The molecule has 1 fully saturated rings. The highest BCUT2D eigenvalue weighted by molar-refractivity contribution is 9.10. The molecule has 3 rings (SSSR count). The summed E-state index contributed by atoms with van der Waals surface area (Å²) in [6, 6.07) is 6.44. The highest BCUT2D eigenvalue weighted by Gasteiger charge is 2.19. The second-order valence-electron chi connectivity index (χ2n) is 4.99. The molecule has 1 saturated heterocycles. The van der Waals surface area contributed by atoms with Crippen molar-refractivity contribution in [3.8, 4) is 0 Å². The fraction of sp³-hybridized carbons (Fsp3) is 0.467. The summed E-state index contributed by atoms with van der Waals surface area (Å²) in [5.41, 5.74) is 1.42. The zero-order chi connectivity index (χ0) is 13.2. The van der Waals surface area contributed by atoms with Gasteiger partial charge in [-0.2, -0.15) is 0 Å². The van der Waals surface area contributed by atoms with E-state index < -0.39 is 0 Å². The lowest BCUT2D eigenvalue weighted by Gasteiger charge is -2.13. The largest absolute Gasteiger partial charge is 0.378 e. The maximum atomic E-state index is 5.70. The molecule has 1 aliphatic heterocycles. The Labute approximate surface area is 134 Å². The van der Waals surface area contributed by atoms with E-state index in [-0.39, 0.29) is 0 Å². The fourth-order valence-electron chi connectivity index (χ4n) is 2.64. The molecule has 4 heteroatoms. The molecular formula is C15H16Br2OS. The smallest absolute Gasteiger partial charge is 0.0576 e. The fourth-order valence-corrected chi connectivity index (χ4v) is 5.14. The molecule has 1 aromatic carbocycles. The van der Waals surface area contributed by atoms with Gasteiger partial charge < -0.3 is 4.74 Å². The van der Waals surface area contributed by atoms with Gasteiger partial charge in [0, 0.05) is 20.6 Å². The molecule has 2 heterocycles. The van der Waals surface area contributed by atoms with Crippen LogP contribution >= 0.6 is 43.2 Å². The molecule has 0 bridgehead atoms. The molecule has 0 N–H and O–H groups in total. The van der Waals surface area contributed by atoms with E-state index in [2.05, 4.69) is 55.4 Å². The van der Waals surface area contributed by atoms with Crippen LogP contribution in [0.15, 0.2) is 28.1 Å². The molecule has 0 radical (unpaired) electrons. The number of thiophene rings is 1. The monoisotopic (exact) mass is 402 g/mol. The van der Waals surface area contributed by atoms with Gasteiger partial charge in [-0.05, 0) is 64.0 Å². The number of hydrogen-bond acceptors (Lipinski definition) is 2. The maximum absolute atomic E-state index is 5.70. The van der Waals surface area contributed by atoms with Gasteiger partial charge in [0.1, 0.15) is 0 Å². The van der Waals surface area contributed by atoms with Gasteiger partial charge in [0.25, 0.3) is 0 Å². The Kier molecular flexibility index (Phi) is 4.62. The third-order valence-electron chi connectivity index (χ3n) is 3.69. The van der Waals surface area contributed by atoms with Crippen LogP contribution in [0.4, 0.5) is 0 Å². The summed E-state index contributed by atoms with van der Waals surface area (Å²) in [7, 11) is 0. The average Bonchev–Trinajstić information content (AvgIpc) is 3.06. The van der Waals surface area contributed by atoms with E-state index in [1.807, 2.05) is 11.3 Å². The first-order valence-electron chi connectivity index (χ1n) is 6.67. The summed E-state index contributed by atoms with van der Waals surface area (Å²) < 4.78 is 8.24. The van der Waals surface area contributed by atoms with Crippen molar-refractivity contribution in [1.82, 2.24) is 0 Å². The van der Waals surface area contributed by atoms with Crippen molar-refractivity contribution in [2.24, 2.45) is 0 Å². The molecule has 0 spiro atoms. The minimum atomic E-state index is 0.430. The zero-order valence-corrected chi connectivity index (χ0v) is 14.6. The topological polar surface area (TPSA) is 9.23 Å². The van der Waals surface area contributed by atoms with Gasteiger partial charge in [-0.25, -0.2) is 0 Å². The number of alkyl halides is 1. The molecule has 1 aliphatic rings. The first-order chi connectivity index (χ1) is 9.25. The van der Waals surface area contributed by atoms with E-state index in [9.17, 15) is 0 Å². The summed E-state index contributed by atoms with van der Waals surface area (Å²) in [6.45, 7) is 0.950. The number of fused-ring (bicyclic) bond motifs is 1. The number of rotatable bonds is 4. The van der Waals surface area contributed by atoms with Gasteiger partial charge >= 0.3 is 0 Å². The van der Waals surface area contributed by atoms with Crippen molar-refractivity contribution < 1.29 is 4.74 Å². The molecule has 0 saturated carbocycles. The van der Waals surface area contributed by atoms with Gasteiger partial charge in [-0.1, -0.05) is 28.1 Å². The van der Waals surface area contributed by atoms with Crippen LogP contribution < -0.4 is 0 Å². The van der Waals surface area contributed by atoms with Crippen LogP contribution in [0.5, 0.6) is 0 Å². The van der Waals surface area contributed by atoms with Crippen molar-refractivity contribution >= 4 is 53.3 Å². The Morgan fingerprint density at radius 1 is 1.42 bits per heavy atom. The highest BCUT2D eigenvalue weighted by atomic mass is 79.9. The van der Waals surface area contributed by atoms with Crippen LogP contribution in [0.3, 0.4) is 0 Å². The molecular weight excluding hydrogens is 388 g/mol. The van der Waals surface area contributed by atoms with E-state index in [1.165, 1.54) is 33.0 Å². The molecule has 1 aromatic heterocycles. The normalized spacial score (nSPS) is 21.1. The van der Waals surface area contributed by atoms with Gasteiger partial charge in [0.2, 0.25) is 0 Å². The molecule has 0 aliphatic carbocycles. The first-order valence-corrected chi connectivity index (χ1v) is 9.26. The number of halogens is 2. The average molecular weight is 404 g/mol. The van der Waals surface area contributed by atoms with Crippen molar-refractivity contribution in [1.29, 1.82) is 0 Å². The number of ether oxygens (including phenoxy) is 1. The second kappa shape index (κ2) is 6.25. The summed E-state index contributed by atoms with van der Waals surface area (Å²) in [4.78, 5) is 0.430. The molecule has 19 heavy (non-hydrogen) atoms. The molecule has 2 unspecified atom stereocenters. The van der Waals surface area contributed by atoms with Crippen LogP contribution in [-0.4, -0.2) is 12.7 Å². The summed E-state index contributed by atoms with van der Waals surface area (Å²) in [5.74, 6) is 0. The SMILES string of the molecule is Brc1cccc2c(C(Br)CCC3CCCO3)csc12. The van der Waals surface area contributed by atoms with E-state index in [0.29, 0.717) is 10.9 Å². The highest BCUT2D eigenvalue weighted by Crippen LogP contribution is 2.40. The molecule has 1 nitrogen and oxygen atoms in total. The Morgan fingerprint density at radius 3 is 3.11 bits per heavy atom. The first kappa shape index (κ1) is 14.1.